The minimum absolute atomic E-state index is 0.228. The third-order valence-corrected chi connectivity index (χ3v) is 3.54. The molecule has 1 atom stereocenters. The monoisotopic (exact) mass is 278 g/mol. The van der Waals surface area contributed by atoms with Crippen LogP contribution in [0.4, 0.5) is 0 Å². The fraction of sp³-hybridized carbons (Fsp3) is 0.176. The van der Waals surface area contributed by atoms with Gasteiger partial charge < -0.3 is 5.32 Å². The van der Waals surface area contributed by atoms with Gasteiger partial charge in [0.1, 0.15) is 0 Å². The maximum Gasteiger partial charge on any atom is 0.0645 e. The van der Waals surface area contributed by atoms with Crippen molar-refractivity contribution in [3.05, 3.63) is 78.4 Å². The Labute approximate surface area is 124 Å². The maximum atomic E-state index is 4.46. The number of para-hydroxylation sites is 1. The van der Waals surface area contributed by atoms with Gasteiger partial charge in [-0.05, 0) is 37.2 Å². The Morgan fingerprint density at radius 1 is 1.10 bits per heavy atom. The summed E-state index contributed by atoms with van der Waals surface area (Å²) < 4.78 is 1.91. The highest BCUT2D eigenvalue weighted by Crippen LogP contribution is 2.18. The Bertz CT molecular complexity index is 676. The third kappa shape index (κ3) is 3.17. The van der Waals surface area contributed by atoms with Crippen LogP contribution in [0, 0.1) is 0 Å². The van der Waals surface area contributed by atoms with E-state index in [1.165, 1.54) is 11.1 Å². The van der Waals surface area contributed by atoms with Gasteiger partial charge >= 0.3 is 0 Å². The summed E-state index contributed by atoms with van der Waals surface area (Å²) in [6.07, 6.45) is 8.60. The molecule has 4 nitrogen and oxygen atoms in total. The molecule has 0 fully saturated rings. The van der Waals surface area contributed by atoms with Crippen LogP contribution in [0.2, 0.25) is 0 Å². The Kier molecular flexibility index (Phi) is 4.07. The molecule has 0 aliphatic rings. The molecule has 106 valence electrons. The van der Waals surface area contributed by atoms with E-state index < -0.39 is 0 Å². The quantitative estimate of drug-likeness (QED) is 0.780. The molecule has 3 aromatic rings. The van der Waals surface area contributed by atoms with Gasteiger partial charge in [-0.2, -0.15) is 5.10 Å². The van der Waals surface area contributed by atoms with Crippen molar-refractivity contribution in [2.24, 2.45) is 0 Å². The van der Waals surface area contributed by atoms with E-state index in [1.54, 1.807) is 6.20 Å². The number of hydrogen-bond acceptors (Lipinski definition) is 3. The molecule has 0 spiro atoms. The Morgan fingerprint density at radius 2 is 1.95 bits per heavy atom. The molecule has 1 aromatic carbocycles. The number of pyridine rings is 1. The van der Waals surface area contributed by atoms with Crippen LogP contribution in [0.15, 0.2) is 67.3 Å². The van der Waals surface area contributed by atoms with Crippen LogP contribution in [0.1, 0.15) is 17.2 Å². The minimum atomic E-state index is 0.228. The summed E-state index contributed by atoms with van der Waals surface area (Å²) in [7, 11) is 1.97. The summed E-state index contributed by atoms with van der Waals surface area (Å²) in [6.45, 7) is 0. The predicted molar refractivity (Wildman–Crippen MR) is 83.3 cm³/mol. The molecular weight excluding hydrogens is 260 g/mol. The summed E-state index contributed by atoms with van der Waals surface area (Å²) in [6, 6.07) is 14.4. The lowest BCUT2D eigenvalue weighted by Gasteiger charge is -2.14. The van der Waals surface area contributed by atoms with Crippen LogP contribution in [0.5, 0.6) is 0 Å². The zero-order valence-corrected chi connectivity index (χ0v) is 12.0. The number of nitrogens with zero attached hydrogens (tertiary/aromatic N) is 3. The fourth-order valence-corrected chi connectivity index (χ4v) is 2.38. The third-order valence-electron chi connectivity index (χ3n) is 3.54. The van der Waals surface area contributed by atoms with Crippen molar-refractivity contribution in [2.75, 3.05) is 7.05 Å². The summed E-state index contributed by atoms with van der Waals surface area (Å²) in [5.41, 5.74) is 3.45. The topological polar surface area (TPSA) is 42.7 Å². The van der Waals surface area contributed by atoms with E-state index in [1.807, 2.05) is 60.5 Å². The van der Waals surface area contributed by atoms with Crippen molar-refractivity contribution in [2.45, 2.75) is 12.5 Å². The molecule has 2 aromatic heterocycles. The second-order valence-corrected chi connectivity index (χ2v) is 4.96. The molecule has 4 heteroatoms. The lowest BCUT2D eigenvalue weighted by Crippen LogP contribution is -2.18. The smallest absolute Gasteiger partial charge is 0.0645 e. The summed E-state index contributed by atoms with van der Waals surface area (Å²) in [4.78, 5) is 4.17. The van der Waals surface area contributed by atoms with Crippen LogP contribution in [-0.2, 0) is 6.42 Å². The van der Waals surface area contributed by atoms with Crippen molar-refractivity contribution >= 4 is 0 Å². The molecule has 2 heterocycles. The highest BCUT2D eigenvalue weighted by molar-refractivity contribution is 5.31. The van der Waals surface area contributed by atoms with Crippen LogP contribution in [0.25, 0.3) is 5.69 Å². The van der Waals surface area contributed by atoms with Crippen molar-refractivity contribution < 1.29 is 0 Å². The first-order valence-corrected chi connectivity index (χ1v) is 7.03. The van der Waals surface area contributed by atoms with Gasteiger partial charge in [-0.1, -0.05) is 24.3 Å². The van der Waals surface area contributed by atoms with E-state index in [0.29, 0.717) is 0 Å². The zero-order valence-electron chi connectivity index (χ0n) is 12.0. The van der Waals surface area contributed by atoms with Crippen molar-refractivity contribution in [1.82, 2.24) is 20.1 Å². The Hall–Kier alpha value is -2.46. The second-order valence-electron chi connectivity index (χ2n) is 4.96. The van der Waals surface area contributed by atoms with E-state index in [4.69, 9.17) is 0 Å². The second kappa shape index (κ2) is 6.33. The molecular formula is C17H18N4. The van der Waals surface area contributed by atoms with Gasteiger partial charge in [0.15, 0.2) is 0 Å². The summed E-state index contributed by atoms with van der Waals surface area (Å²) >= 11 is 0. The van der Waals surface area contributed by atoms with Gasteiger partial charge in [-0.15, -0.1) is 0 Å². The number of nitrogens with one attached hydrogen (secondary N) is 1. The highest BCUT2D eigenvalue weighted by Gasteiger charge is 2.13. The van der Waals surface area contributed by atoms with Gasteiger partial charge in [0.25, 0.3) is 0 Å². The van der Waals surface area contributed by atoms with Crippen LogP contribution < -0.4 is 5.32 Å². The standard InChI is InChI=1S/C17H18N4/c1-18-17(10-14-6-5-9-19-11-14)15-12-20-21(13-15)16-7-3-2-4-8-16/h2-9,11-13,17-18H,10H2,1H3. The molecule has 0 saturated carbocycles. The Balaban J connectivity index is 1.81. The van der Waals surface area contributed by atoms with Crippen LogP contribution >= 0.6 is 0 Å². The maximum absolute atomic E-state index is 4.46. The van der Waals surface area contributed by atoms with Crippen LogP contribution in [-0.4, -0.2) is 21.8 Å². The van der Waals surface area contributed by atoms with Gasteiger partial charge in [-0.3, -0.25) is 4.98 Å². The molecule has 21 heavy (non-hydrogen) atoms. The van der Waals surface area contributed by atoms with Crippen LogP contribution in [0.3, 0.4) is 0 Å². The highest BCUT2D eigenvalue weighted by atomic mass is 15.3. The normalized spacial score (nSPS) is 12.2. The molecule has 3 rings (SSSR count). The van der Waals surface area contributed by atoms with Crippen molar-refractivity contribution in [3.8, 4) is 5.69 Å². The average molecular weight is 278 g/mol. The molecule has 0 aliphatic carbocycles. The number of aromatic nitrogens is 3. The van der Waals surface area contributed by atoms with E-state index in [2.05, 4.69) is 27.7 Å². The van der Waals surface area contributed by atoms with Gasteiger partial charge in [0, 0.05) is 30.2 Å². The van der Waals surface area contributed by atoms with E-state index >= 15 is 0 Å². The fourth-order valence-electron chi connectivity index (χ4n) is 2.38. The van der Waals surface area contributed by atoms with Gasteiger partial charge in [0.05, 0.1) is 11.9 Å². The molecule has 1 unspecified atom stereocenters. The number of rotatable bonds is 5. The summed E-state index contributed by atoms with van der Waals surface area (Å²) in [5, 5.41) is 7.81. The zero-order chi connectivity index (χ0) is 14.5. The van der Waals surface area contributed by atoms with E-state index in [0.717, 1.165) is 12.1 Å². The van der Waals surface area contributed by atoms with E-state index in [-0.39, 0.29) is 6.04 Å². The molecule has 0 saturated heterocycles. The SMILES string of the molecule is CNC(Cc1cccnc1)c1cnn(-c2ccccc2)c1. The summed E-state index contributed by atoms with van der Waals surface area (Å²) in [5.74, 6) is 0. The largest absolute Gasteiger partial charge is 0.313 e. The predicted octanol–water partition coefficient (Wildman–Crippen LogP) is 2.77. The van der Waals surface area contributed by atoms with Gasteiger partial charge in [-0.25, -0.2) is 4.68 Å². The lowest BCUT2D eigenvalue weighted by molar-refractivity contribution is 0.591. The van der Waals surface area contributed by atoms with E-state index in [9.17, 15) is 0 Å². The minimum Gasteiger partial charge on any atom is -0.313 e. The molecule has 0 amide bonds. The first-order valence-electron chi connectivity index (χ1n) is 7.03. The Morgan fingerprint density at radius 3 is 2.67 bits per heavy atom. The lowest BCUT2D eigenvalue weighted by atomic mass is 10.0. The van der Waals surface area contributed by atoms with Crippen molar-refractivity contribution in [1.29, 1.82) is 0 Å². The molecule has 1 N–H and O–H groups in total. The molecule has 0 bridgehead atoms. The first-order chi connectivity index (χ1) is 10.4. The van der Waals surface area contributed by atoms with Gasteiger partial charge in [0.2, 0.25) is 0 Å². The molecule has 0 radical (unpaired) electrons. The average Bonchev–Trinajstić information content (AvgIpc) is 3.04. The first kappa shape index (κ1) is 13.5. The van der Waals surface area contributed by atoms with Crippen molar-refractivity contribution in [3.63, 3.8) is 0 Å². The number of likely N-dealkylation sites (N-methyl/N-ethyl adjacent to an activating group) is 1. The number of benzene rings is 1. The number of hydrogen-bond donors (Lipinski definition) is 1. The molecule has 0 aliphatic heterocycles.